The van der Waals surface area contributed by atoms with Gasteiger partial charge in [-0.05, 0) is 42.5 Å². The van der Waals surface area contributed by atoms with Crippen LogP contribution in [0.25, 0.3) is 122 Å². The predicted molar refractivity (Wildman–Crippen MR) is 258 cm³/mol. The summed E-state index contributed by atoms with van der Waals surface area (Å²) in [5.41, 5.74) is 13.1. The Bertz CT molecular complexity index is 3830. The minimum Gasteiger partial charge on any atom is -0.453 e. The topological polar surface area (TPSA) is 61.7 Å². The second-order valence-electron chi connectivity index (χ2n) is 16.0. The van der Waals surface area contributed by atoms with Crippen molar-refractivity contribution in [3.05, 3.63) is 212 Å². The summed E-state index contributed by atoms with van der Waals surface area (Å²) in [5, 5.41) is 6.76. The molecule has 6 nitrogen and oxygen atoms in total. The third kappa shape index (κ3) is 5.48. The fourth-order valence-corrected chi connectivity index (χ4v) is 9.57. The number of fused-ring (bicyclic) bond motifs is 10. The van der Waals surface area contributed by atoms with Crippen LogP contribution in [-0.2, 0) is 0 Å². The fourth-order valence-electron chi connectivity index (χ4n) is 9.57. The molecule has 0 radical (unpaired) electrons. The molecular weight excluding hydrogens is 771 g/mol. The summed E-state index contributed by atoms with van der Waals surface area (Å²) in [6, 6.07) is 74.3. The summed E-state index contributed by atoms with van der Waals surface area (Å²) >= 11 is 0. The first-order chi connectivity index (χ1) is 31.3. The smallest absolute Gasteiger partial charge is 0.164 e. The Kier molecular flexibility index (Phi) is 7.80. The zero-order chi connectivity index (χ0) is 41.4. The second-order valence-corrected chi connectivity index (χ2v) is 16.0. The van der Waals surface area contributed by atoms with E-state index in [0.717, 1.165) is 88.5 Å². The van der Waals surface area contributed by atoms with Crippen molar-refractivity contribution < 1.29 is 4.42 Å². The molecule has 0 bridgehead atoms. The van der Waals surface area contributed by atoms with E-state index in [0.29, 0.717) is 17.5 Å². The van der Waals surface area contributed by atoms with E-state index in [1.165, 1.54) is 16.3 Å². The highest BCUT2D eigenvalue weighted by atomic mass is 16.3. The molecule has 0 aliphatic carbocycles. The van der Waals surface area contributed by atoms with Gasteiger partial charge in [0.15, 0.2) is 23.1 Å². The number of nitrogens with zero attached hydrogens (tertiary/aromatic N) is 5. The molecule has 13 rings (SSSR count). The highest BCUT2D eigenvalue weighted by Crippen LogP contribution is 2.45. The molecule has 294 valence electrons. The van der Waals surface area contributed by atoms with Crippen molar-refractivity contribution in [2.45, 2.75) is 0 Å². The van der Waals surface area contributed by atoms with Gasteiger partial charge in [-0.25, -0.2) is 15.0 Å². The van der Waals surface area contributed by atoms with Crippen molar-refractivity contribution in [1.82, 2.24) is 24.1 Å². The summed E-state index contributed by atoms with van der Waals surface area (Å²) < 4.78 is 12.0. The zero-order valence-corrected chi connectivity index (χ0v) is 33.9. The van der Waals surface area contributed by atoms with Crippen LogP contribution in [0.1, 0.15) is 0 Å². The van der Waals surface area contributed by atoms with Gasteiger partial charge in [0.1, 0.15) is 5.58 Å². The monoisotopic (exact) mass is 805 g/mol. The average molecular weight is 806 g/mol. The molecule has 0 aliphatic rings. The van der Waals surface area contributed by atoms with Gasteiger partial charge in [-0.15, -0.1) is 0 Å². The van der Waals surface area contributed by atoms with E-state index in [2.05, 4.69) is 161 Å². The van der Waals surface area contributed by atoms with Crippen molar-refractivity contribution in [3.63, 3.8) is 0 Å². The summed E-state index contributed by atoms with van der Waals surface area (Å²) in [5.74, 6) is 1.86. The van der Waals surface area contributed by atoms with Crippen LogP contribution in [0.3, 0.4) is 0 Å². The van der Waals surface area contributed by atoms with Crippen LogP contribution >= 0.6 is 0 Å². The lowest BCUT2D eigenvalue weighted by atomic mass is 9.99. The molecule has 4 heterocycles. The average Bonchev–Trinajstić information content (AvgIpc) is 4.03. The van der Waals surface area contributed by atoms with Gasteiger partial charge in [0.25, 0.3) is 0 Å². The molecule has 0 aliphatic heterocycles. The number of rotatable bonds is 6. The van der Waals surface area contributed by atoms with Crippen LogP contribution in [0.2, 0.25) is 0 Å². The van der Waals surface area contributed by atoms with Crippen LogP contribution < -0.4 is 0 Å². The maximum atomic E-state index is 7.29. The molecule has 6 heteroatoms. The first-order valence-electron chi connectivity index (χ1n) is 21.2. The van der Waals surface area contributed by atoms with Gasteiger partial charge < -0.3 is 13.6 Å². The lowest BCUT2D eigenvalue weighted by Crippen LogP contribution is -2.00. The molecule has 0 spiro atoms. The molecule has 0 unspecified atom stereocenters. The van der Waals surface area contributed by atoms with E-state index in [1.807, 2.05) is 60.7 Å². The van der Waals surface area contributed by atoms with Gasteiger partial charge in [-0.3, -0.25) is 0 Å². The summed E-state index contributed by atoms with van der Waals surface area (Å²) in [4.78, 5) is 15.1. The third-order valence-electron chi connectivity index (χ3n) is 12.4. The standard InChI is InChI=1S/C57H35N5O/c1-5-17-36(18-6-1)55-58-56(37-19-7-2-8-20-37)60-57(59-55)38-31-32-42-45-33-34-48-47-29-16-28-46(53(47)63-54(48)52(45)62(50(42)35-38)40-23-11-4-12-24-40)44-27-15-26-43-41-25-13-14-30-49(41)61(51(43)44)39-21-9-3-10-22-39/h1-35H. The molecule has 4 aromatic heterocycles. The maximum absolute atomic E-state index is 7.29. The third-order valence-corrected chi connectivity index (χ3v) is 12.4. The Balaban J connectivity index is 1.07. The normalized spacial score (nSPS) is 11.8. The van der Waals surface area contributed by atoms with Crippen LogP contribution in [0, 0.1) is 0 Å². The molecule has 0 atom stereocenters. The molecule has 9 aromatic carbocycles. The van der Waals surface area contributed by atoms with Crippen molar-refractivity contribution >= 4 is 65.6 Å². The Morgan fingerprint density at radius 3 is 1.43 bits per heavy atom. The molecular formula is C57H35N5O. The minimum absolute atomic E-state index is 0.607. The summed E-state index contributed by atoms with van der Waals surface area (Å²) in [7, 11) is 0. The lowest BCUT2D eigenvalue weighted by Gasteiger charge is -2.12. The highest BCUT2D eigenvalue weighted by Gasteiger charge is 2.24. The lowest BCUT2D eigenvalue weighted by molar-refractivity contribution is 0.672. The van der Waals surface area contributed by atoms with Crippen LogP contribution in [0.15, 0.2) is 217 Å². The van der Waals surface area contributed by atoms with E-state index in [-0.39, 0.29) is 0 Å². The van der Waals surface area contributed by atoms with Crippen molar-refractivity contribution in [2.75, 3.05) is 0 Å². The SMILES string of the molecule is c1ccc(-c2nc(-c3ccccc3)nc(-c3ccc4c5ccc6c7cccc(-c8cccc9c%10ccccc%10n(-c%10ccccc%10)c89)c7oc6c5n(-c5ccccc5)c4c3)n2)cc1. The van der Waals surface area contributed by atoms with Gasteiger partial charge in [-0.1, -0.05) is 170 Å². The molecule has 13 aromatic rings. The Morgan fingerprint density at radius 1 is 0.302 bits per heavy atom. The minimum atomic E-state index is 0.607. The largest absolute Gasteiger partial charge is 0.453 e. The Morgan fingerprint density at radius 2 is 0.762 bits per heavy atom. The maximum Gasteiger partial charge on any atom is 0.164 e. The molecule has 63 heavy (non-hydrogen) atoms. The zero-order valence-electron chi connectivity index (χ0n) is 33.9. The number of benzene rings is 9. The first kappa shape index (κ1) is 35.2. The van der Waals surface area contributed by atoms with Crippen LogP contribution in [0.5, 0.6) is 0 Å². The van der Waals surface area contributed by atoms with Gasteiger partial charge in [0, 0.05) is 71.5 Å². The van der Waals surface area contributed by atoms with E-state index >= 15 is 0 Å². The number of furan rings is 1. The van der Waals surface area contributed by atoms with Crippen LogP contribution in [0.4, 0.5) is 0 Å². The predicted octanol–water partition coefficient (Wildman–Crippen LogP) is 14.6. The van der Waals surface area contributed by atoms with Gasteiger partial charge in [-0.2, -0.15) is 0 Å². The number of para-hydroxylation sites is 5. The van der Waals surface area contributed by atoms with E-state index in [4.69, 9.17) is 19.4 Å². The first-order valence-corrected chi connectivity index (χ1v) is 21.2. The van der Waals surface area contributed by atoms with Crippen molar-refractivity contribution in [2.24, 2.45) is 0 Å². The second kappa shape index (κ2) is 14.0. The summed E-state index contributed by atoms with van der Waals surface area (Å²) in [6.45, 7) is 0. The summed E-state index contributed by atoms with van der Waals surface area (Å²) in [6.07, 6.45) is 0. The highest BCUT2D eigenvalue weighted by molar-refractivity contribution is 6.24. The van der Waals surface area contributed by atoms with Crippen molar-refractivity contribution in [3.8, 4) is 56.7 Å². The van der Waals surface area contributed by atoms with Gasteiger partial charge in [0.2, 0.25) is 0 Å². The quantitative estimate of drug-likeness (QED) is 0.168. The molecule has 0 fully saturated rings. The molecule has 0 saturated heterocycles. The van der Waals surface area contributed by atoms with E-state index in [9.17, 15) is 0 Å². The molecule has 0 amide bonds. The Labute approximate surface area is 361 Å². The number of hydrogen-bond acceptors (Lipinski definition) is 4. The number of aromatic nitrogens is 5. The van der Waals surface area contributed by atoms with Crippen LogP contribution in [-0.4, -0.2) is 24.1 Å². The van der Waals surface area contributed by atoms with E-state index in [1.54, 1.807) is 0 Å². The van der Waals surface area contributed by atoms with Gasteiger partial charge in [0.05, 0.1) is 22.1 Å². The Hall–Kier alpha value is -8.61. The van der Waals surface area contributed by atoms with Gasteiger partial charge >= 0.3 is 0 Å². The molecule has 0 saturated carbocycles. The van der Waals surface area contributed by atoms with E-state index < -0.39 is 0 Å². The fraction of sp³-hybridized carbons (Fsp3) is 0. The number of hydrogen-bond donors (Lipinski definition) is 0. The molecule has 0 N–H and O–H groups in total. The van der Waals surface area contributed by atoms with Crippen molar-refractivity contribution in [1.29, 1.82) is 0 Å².